The molecule has 1 saturated heterocycles. The Labute approximate surface area is 170 Å². The van der Waals surface area contributed by atoms with Gasteiger partial charge in [0.1, 0.15) is 23.7 Å². The second-order valence-corrected chi connectivity index (χ2v) is 8.29. The van der Waals surface area contributed by atoms with E-state index in [4.69, 9.17) is 9.47 Å². The van der Waals surface area contributed by atoms with Crippen molar-refractivity contribution in [3.63, 3.8) is 0 Å². The lowest BCUT2D eigenvalue weighted by atomic mass is 9.87. The number of ether oxygens (including phenoxy) is 2. The zero-order valence-corrected chi connectivity index (χ0v) is 16.8. The van der Waals surface area contributed by atoms with E-state index < -0.39 is 42.1 Å². The summed E-state index contributed by atoms with van der Waals surface area (Å²) in [4.78, 5) is 11.3. The van der Waals surface area contributed by atoms with Gasteiger partial charge in [0.25, 0.3) is 0 Å². The molecule has 0 radical (unpaired) electrons. The predicted molar refractivity (Wildman–Crippen MR) is 104 cm³/mol. The van der Waals surface area contributed by atoms with E-state index in [0.717, 1.165) is 24.0 Å². The van der Waals surface area contributed by atoms with Crippen molar-refractivity contribution in [1.82, 2.24) is 0 Å². The Morgan fingerprint density at radius 1 is 1.21 bits per heavy atom. The van der Waals surface area contributed by atoms with Gasteiger partial charge in [0, 0.05) is 5.56 Å². The number of carbonyl (C=O) groups is 1. The molecule has 2 aliphatic rings. The predicted octanol–water partition coefficient (Wildman–Crippen LogP) is 1.37. The summed E-state index contributed by atoms with van der Waals surface area (Å²) in [6.45, 7) is 4.72. The lowest BCUT2D eigenvalue weighted by Gasteiger charge is -2.41. The van der Waals surface area contributed by atoms with Crippen LogP contribution in [0.4, 0.5) is 0 Å². The van der Waals surface area contributed by atoms with Crippen LogP contribution in [0.1, 0.15) is 56.4 Å². The molecule has 1 aliphatic carbocycles. The first-order valence-corrected chi connectivity index (χ1v) is 9.84. The summed E-state index contributed by atoms with van der Waals surface area (Å²) in [5.74, 6) is 4.73. The Hall–Kier alpha value is -1.95. The minimum absolute atomic E-state index is 0.359. The summed E-state index contributed by atoms with van der Waals surface area (Å²) >= 11 is 0. The fourth-order valence-electron chi connectivity index (χ4n) is 3.54. The zero-order valence-electron chi connectivity index (χ0n) is 16.8. The smallest absolute Gasteiger partial charge is 0.321 e. The van der Waals surface area contributed by atoms with Gasteiger partial charge in [-0.25, -0.2) is 0 Å². The number of carboxylic acid groups (broad SMARTS) is 1. The van der Waals surface area contributed by atoms with Crippen LogP contribution in [-0.2, 0) is 20.7 Å². The third-order valence-electron chi connectivity index (χ3n) is 5.57. The molecule has 158 valence electrons. The Morgan fingerprint density at radius 2 is 1.93 bits per heavy atom. The normalized spacial score (nSPS) is 32.1. The highest BCUT2D eigenvalue weighted by Crippen LogP contribution is 2.36. The molecule has 0 bridgehead atoms. The SMILES string of the molecule is C[C@@H]1O[C@@H](OC2CCCc3ccc(C#CC(C)(C)C(=O)O)cc32)[C@@H](O)[C@H](O)[C@@H]1O. The van der Waals surface area contributed by atoms with Gasteiger partial charge in [0.2, 0.25) is 0 Å². The molecule has 1 fully saturated rings. The first-order chi connectivity index (χ1) is 13.6. The first kappa shape index (κ1) is 21.8. The molecule has 1 aliphatic heterocycles. The van der Waals surface area contributed by atoms with Crippen LogP contribution in [0, 0.1) is 17.3 Å². The monoisotopic (exact) mass is 404 g/mol. The molecular weight excluding hydrogens is 376 g/mol. The van der Waals surface area contributed by atoms with Crippen molar-refractivity contribution < 1.29 is 34.7 Å². The molecule has 1 unspecified atom stereocenters. The topological polar surface area (TPSA) is 116 Å². The highest BCUT2D eigenvalue weighted by atomic mass is 16.7. The number of fused-ring (bicyclic) bond motifs is 1. The highest BCUT2D eigenvalue weighted by Gasteiger charge is 2.43. The van der Waals surface area contributed by atoms with Gasteiger partial charge in [0.15, 0.2) is 6.29 Å². The first-order valence-electron chi connectivity index (χ1n) is 9.84. The van der Waals surface area contributed by atoms with Crippen LogP contribution in [0.5, 0.6) is 0 Å². The number of rotatable bonds is 3. The second-order valence-electron chi connectivity index (χ2n) is 8.29. The van der Waals surface area contributed by atoms with Crippen LogP contribution in [0.2, 0.25) is 0 Å². The van der Waals surface area contributed by atoms with Crippen LogP contribution in [0.3, 0.4) is 0 Å². The number of aliphatic hydroxyl groups excluding tert-OH is 3. The molecule has 0 spiro atoms. The van der Waals surface area contributed by atoms with E-state index in [9.17, 15) is 25.2 Å². The molecule has 1 aromatic rings. The Kier molecular flexibility index (Phi) is 6.32. The van der Waals surface area contributed by atoms with Crippen molar-refractivity contribution in [1.29, 1.82) is 0 Å². The Bertz CT molecular complexity index is 822. The fourth-order valence-corrected chi connectivity index (χ4v) is 3.54. The van der Waals surface area contributed by atoms with E-state index in [1.165, 1.54) is 0 Å². The average Bonchev–Trinajstić information content (AvgIpc) is 2.69. The van der Waals surface area contributed by atoms with Crippen molar-refractivity contribution in [3.8, 4) is 11.8 Å². The maximum atomic E-state index is 11.3. The van der Waals surface area contributed by atoms with Crippen LogP contribution < -0.4 is 0 Å². The van der Waals surface area contributed by atoms with Gasteiger partial charge in [0.05, 0.1) is 12.2 Å². The van der Waals surface area contributed by atoms with Crippen molar-refractivity contribution in [2.45, 2.75) is 76.8 Å². The van der Waals surface area contributed by atoms with Gasteiger partial charge < -0.3 is 29.9 Å². The molecule has 7 heteroatoms. The van der Waals surface area contributed by atoms with Gasteiger partial charge in [-0.3, -0.25) is 4.79 Å². The molecule has 0 amide bonds. The van der Waals surface area contributed by atoms with E-state index in [1.54, 1.807) is 20.8 Å². The van der Waals surface area contributed by atoms with E-state index in [0.29, 0.717) is 12.0 Å². The number of aliphatic hydroxyl groups is 3. The summed E-state index contributed by atoms with van der Waals surface area (Å²) in [5.41, 5.74) is 1.55. The van der Waals surface area contributed by atoms with Gasteiger partial charge in [-0.05, 0) is 63.3 Å². The van der Waals surface area contributed by atoms with Crippen molar-refractivity contribution in [2.75, 3.05) is 0 Å². The quantitative estimate of drug-likeness (QED) is 0.562. The van der Waals surface area contributed by atoms with Crippen LogP contribution >= 0.6 is 0 Å². The van der Waals surface area contributed by atoms with Gasteiger partial charge in [-0.2, -0.15) is 0 Å². The number of hydrogen-bond acceptors (Lipinski definition) is 6. The van der Waals surface area contributed by atoms with Crippen LogP contribution in [0.15, 0.2) is 18.2 Å². The minimum Gasteiger partial charge on any atom is -0.480 e. The molecule has 29 heavy (non-hydrogen) atoms. The summed E-state index contributed by atoms with van der Waals surface area (Å²) in [7, 11) is 0. The van der Waals surface area contributed by atoms with Gasteiger partial charge in [-0.1, -0.05) is 17.9 Å². The fraction of sp³-hybridized carbons (Fsp3) is 0.591. The highest BCUT2D eigenvalue weighted by molar-refractivity contribution is 5.77. The largest absolute Gasteiger partial charge is 0.480 e. The molecule has 3 rings (SSSR count). The molecule has 6 atom stereocenters. The van der Waals surface area contributed by atoms with Crippen LogP contribution in [0.25, 0.3) is 0 Å². The molecule has 1 aromatic carbocycles. The number of carboxylic acids is 1. The van der Waals surface area contributed by atoms with E-state index in [2.05, 4.69) is 11.8 Å². The third kappa shape index (κ3) is 4.63. The number of aryl methyl sites for hydroxylation is 1. The molecule has 0 aromatic heterocycles. The number of hydrogen-bond donors (Lipinski definition) is 4. The molecule has 1 heterocycles. The maximum Gasteiger partial charge on any atom is 0.321 e. The van der Waals surface area contributed by atoms with E-state index in [-0.39, 0.29) is 6.10 Å². The summed E-state index contributed by atoms with van der Waals surface area (Å²) in [6, 6.07) is 5.70. The molecular formula is C22H28O7. The van der Waals surface area contributed by atoms with Crippen molar-refractivity contribution in [2.24, 2.45) is 5.41 Å². The standard InChI is InChI=1S/C22H28O7/c1-12-17(23)18(24)19(25)20(28-12)29-16-6-4-5-14-8-7-13(11-15(14)16)9-10-22(2,3)21(26)27/h7-8,11-12,16-20,23-25H,4-6H2,1-3H3,(H,26,27)/t12-,16?,17+,18+,19-,20-/m0/s1. The second kappa shape index (κ2) is 8.42. The molecule has 4 N–H and O–H groups in total. The van der Waals surface area contributed by atoms with Crippen molar-refractivity contribution >= 4 is 5.97 Å². The maximum absolute atomic E-state index is 11.3. The Balaban J connectivity index is 1.83. The summed E-state index contributed by atoms with van der Waals surface area (Å²) in [6.07, 6.45) is -3.46. The lowest BCUT2D eigenvalue weighted by molar-refractivity contribution is -0.306. The Morgan fingerprint density at radius 3 is 2.62 bits per heavy atom. The summed E-state index contributed by atoms with van der Waals surface area (Å²) < 4.78 is 11.6. The van der Waals surface area contributed by atoms with Crippen LogP contribution in [-0.4, -0.2) is 57.1 Å². The van der Waals surface area contributed by atoms with Gasteiger partial charge >= 0.3 is 5.97 Å². The van der Waals surface area contributed by atoms with E-state index in [1.807, 2.05) is 18.2 Å². The molecule has 7 nitrogen and oxygen atoms in total. The number of aliphatic carboxylic acids is 1. The third-order valence-corrected chi connectivity index (χ3v) is 5.57. The summed E-state index contributed by atoms with van der Waals surface area (Å²) in [5, 5.41) is 39.3. The minimum atomic E-state index is -1.36. The lowest BCUT2D eigenvalue weighted by Crippen LogP contribution is -2.57. The molecule has 0 saturated carbocycles. The van der Waals surface area contributed by atoms with Crippen molar-refractivity contribution in [3.05, 3.63) is 34.9 Å². The van der Waals surface area contributed by atoms with E-state index >= 15 is 0 Å². The van der Waals surface area contributed by atoms with Gasteiger partial charge in [-0.15, -0.1) is 0 Å². The number of benzene rings is 1. The average molecular weight is 404 g/mol. The zero-order chi connectivity index (χ0) is 21.3.